The Morgan fingerprint density at radius 1 is 1.21 bits per heavy atom. The summed E-state index contributed by atoms with van der Waals surface area (Å²) in [7, 11) is 0. The molecule has 0 saturated carbocycles. The van der Waals surface area contributed by atoms with Crippen molar-refractivity contribution in [3.63, 3.8) is 0 Å². The van der Waals surface area contributed by atoms with E-state index < -0.39 is 0 Å². The van der Waals surface area contributed by atoms with E-state index >= 15 is 0 Å². The van der Waals surface area contributed by atoms with Gasteiger partial charge < -0.3 is 5.32 Å². The summed E-state index contributed by atoms with van der Waals surface area (Å²) in [4.78, 5) is 12.2. The molecule has 122 valence electrons. The number of rotatable bonds is 4. The van der Waals surface area contributed by atoms with Gasteiger partial charge in [0.25, 0.3) is 5.91 Å². The van der Waals surface area contributed by atoms with Crippen molar-refractivity contribution in [3.05, 3.63) is 81.2 Å². The van der Waals surface area contributed by atoms with Gasteiger partial charge in [0.1, 0.15) is 5.82 Å². The van der Waals surface area contributed by atoms with Gasteiger partial charge in [0.05, 0.1) is 11.0 Å². The van der Waals surface area contributed by atoms with Gasteiger partial charge >= 0.3 is 0 Å². The van der Waals surface area contributed by atoms with Crippen molar-refractivity contribution >= 4 is 39.3 Å². The minimum Gasteiger partial charge on any atom is -0.304 e. The second-order valence-corrected chi connectivity index (χ2v) is 6.37. The Bertz CT molecular complexity index is 880. The highest BCUT2D eigenvalue weighted by molar-refractivity contribution is 9.10. The summed E-state index contributed by atoms with van der Waals surface area (Å²) in [6.07, 6.45) is 1.68. The highest BCUT2D eigenvalue weighted by atomic mass is 79.9. The molecule has 0 fully saturated rings. The van der Waals surface area contributed by atoms with Crippen molar-refractivity contribution in [2.75, 3.05) is 5.32 Å². The molecule has 0 aliphatic carbocycles. The first-order valence-corrected chi connectivity index (χ1v) is 8.23. The molecule has 0 unspecified atom stereocenters. The summed E-state index contributed by atoms with van der Waals surface area (Å²) >= 11 is 9.16. The summed E-state index contributed by atoms with van der Waals surface area (Å²) in [6, 6.07) is 13.0. The van der Waals surface area contributed by atoms with Crippen LogP contribution in [0.3, 0.4) is 0 Å². The van der Waals surface area contributed by atoms with Gasteiger partial charge in [-0.1, -0.05) is 29.8 Å². The third kappa shape index (κ3) is 3.83. The minimum absolute atomic E-state index is 0.266. The third-order valence-corrected chi connectivity index (χ3v) is 4.18. The molecule has 4 nitrogen and oxygen atoms in total. The Morgan fingerprint density at radius 3 is 2.62 bits per heavy atom. The lowest BCUT2D eigenvalue weighted by Crippen LogP contribution is -2.13. The molecule has 0 bridgehead atoms. The van der Waals surface area contributed by atoms with Crippen LogP contribution in [0.4, 0.5) is 10.2 Å². The van der Waals surface area contributed by atoms with Crippen LogP contribution < -0.4 is 5.32 Å². The Balaban J connectivity index is 1.75. The Hall–Kier alpha value is -2.18. The molecule has 0 aliphatic heterocycles. The first-order chi connectivity index (χ1) is 11.5. The lowest BCUT2D eigenvalue weighted by Gasteiger charge is -2.04. The molecule has 0 aliphatic rings. The molecular formula is C17H12BrClFN3O. The average molecular weight is 409 g/mol. The lowest BCUT2D eigenvalue weighted by atomic mass is 10.2. The molecule has 1 amide bonds. The van der Waals surface area contributed by atoms with E-state index in [9.17, 15) is 9.18 Å². The number of nitrogens with zero attached hydrogens (tertiary/aromatic N) is 2. The summed E-state index contributed by atoms with van der Waals surface area (Å²) < 4.78 is 15.9. The van der Waals surface area contributed by atoms with Crippen molar-refractivity contribution in [3.8, 4) is 0 Å². The maximum absolute atomic E-state index is 13.7. The van der Waals surface area contributed by atoms with Crippen LogP contribution in [0, 0.1) is 5.82 Å². The smallest absolute Gasteiger partial charge is 0.256 e. The molecule has 0 atom stereocenters. The van der Waals surface area contributed by atoms with E-state index in [1.165, 1.54) is 6.07 Å². The van der Waals surface area contributed by atoms with Gasteiger partial charge in [0.15, 0.2) is 5.82 Å². The fourth-order valence-electron chi connectivity index (χ4n) is 2.14. The van der Waals surface area contributed by atoms with Crippen molar-refractivity contribution < 1.29 is 9.18 Å². The van der Waals surface area contributed by atoms with Gasteiger partial charge in [0.2, 0.25) is 0 Å². The minimum atomic E-state index is -0.302. The van der Waals surface area contributed by atoms with Gasteiger partial charge in [-0.05, 0) is 46.3 Å². The molecule has 1 aromatic heterocycles. The summed E-state index contributed by atoms with van der Waals surface area (Å²) in [6.45, 7) is 0.266. The Labute approximate surface area is 151 Å². The van der Waals surface area contributed by atoms with E-state index in [4.69, 9.17) is 11.6 Å². The molecule has 0 spiro atoms. The summed E-state index contributed by atoms with van der Waals surface area (Å²) in [5, 5.41) is 7.54. The van der Waals surface area contributed by atoms with E-state index in [0.717, 1.165) is 0 Å². The van der Waals surface area contributed by atoms with Gasteiger partial charge in [-0.2, -0.15) is 5.10 Å². The molecule has 0 saturated heterocycles. The Morgan fingerprint density at radius 2 is 1.92 bits per heavy atom. The molecule has 3 rings (SSSR count). The largest absolute Gasteiger partial charge is 0.304 e. The van der Waals surface area contributed by atoms with Crippen molar-refractivity contribution in [1.29, 1.82) is 0 Å². The number of halogens is 3. The maximum atomic E-state index is 13.7. The molecule has 1 N–H and O–H groups in total. The number of aromatic nitrogens is 2. The van der Waals surface area contributed by atoms with Gasteiger partial charge in [-0.25, -0.2) is 4.39 Å². The van der Waals surface area contributed by atoms with E-state index in [-0.39, 0.29) is 18.3 Å². The SMILES string of the molecule is O=C(Nc1nn(Cc2ccccc2F)cc1Br)c1ccc(Cl)cc1. The molecule has 3 aromatic rings. The zero-order valence-corrected chi connectivity index (χ0v) is 14.7. The number of anilines is 1. The summed E-state index contributed by atoms with van der Waals surface area (Å²) in [5.74, 6) is -0.231. The second-order valence-electron chi connectivity index (χ2n) is 5.08. The van der Waals surface area contributed by atoms with Crippen molar-refractivity contribution in [1.82, 2.24) is 9.78 Å². The molecule has 0 radical (unpaired) electrons. The molecule has 24 heavy (non-hydrogen) atoms. The van der Waals surface area contributed by atoms with Gasteiger partial charge in [-0.15, -0.1) is 0 Å². The maximum Gasteiger partial charge on any atom is 0.256 e. The quantitative estimate of drug-likeness (QED) is 0.678. The fraction of sp³-hybridized carbons (Fsp3) is 0.0588. The number of nitrogens with one attached hydrogen (secondary N) is 1. The van der Waals surface area contributed by atoms with Gasteiger partial charge in [0, 0.05) is 22.3 Å². The first kappa shape index (κ1) is 16.7. The van der Waals surface area contributed by atoms with Crippen LogP contribution in [-0.2, 0) is 6.54 Å². The van der Waals surface area contributed by atoms with Crippen LogP contribution in [0.2, 0.25) is 5.02 Å². The Kier molecular flexibility index (Phi) is 4.97. The average Bonchev–Trinajstić information content (AvgIpc) is 2.90. The zero-order chi connectivity index (χ0) is 17.1. The van der Waals surface area contributed by atoms with Crippen LogP contribution in [0.1, 0.15) is 15.9 Å². The van der Waals surface area contributed by atoms with Crippen LogP contribution in [0.5, 0.6) is 0 Å². The monoisotopic (exact) mass is 407 g/mol. The normalized spacial score (nSPS) is 10.6. The van der Waals surface area contributed by atoms with E-state index in [2.05, 4.69) is 26.3 Å². The second kappa shape index (κ2) is 7.15. The molecular weight excluding hydrogens is 397 g/mol. The van der Waals surface area contributed by atoms with Crippen LogP contribution in [0.25, 0.3) is 0 Å². The van der Waals surface area contributed by atoms with E-state index in [0.29, 0.717) is 26.4 Å². The van der Waals surface area contributed by atoms with Crippen LogP contribution in [-0.4, -0.2) is 15.7 Å². The highest BCUT2D eigenvalue weighted by Gasteiger charge is 2.13. The molecule has 7 heteroatoms. The predicted molar refractivity (Wildman–Crippen MR) is 94.8 cm³/mol. The third-order valence-electron chi connectivity index (χ3n) is 3.35. The van der Waals surface area contributed by atoms with Crippen molar-refractivity contribution in [2.45, 2.75) is 6.54 Å². The number of hydrogen-bond acceptors (Lipinski definition) is 2. The summed E-state index contributed by atoms with van der Waals surface area (Å²) in [5.41, 5.74) is 0.984. The van der Waals surface area contributed by atoms with Crippen LogP contribution >= 0.6 is 27.5 Å². The van der Waals surface area contributed by atoms with E-state index in [1.807, 2.05) is 0 Å². The standard InChI is InChI=1S/C17H12BrClFN3O/c18-14-10-23(9-12-3-1-2-4-15(12)20)22-16(14)21-17(24)11-5-7-13(19)8-6-11/h1-8,10H,9H2,(H,21,22,24). The topological polar surface area (TPSA) is 46.9 Å². The molecule has 1 heterocycles. The highest BCUT2D eigenvalue weighted by Crippen LogP contribution is 2.22. The number of amides is 1. The number of carbonyl (C=O) groups excluding carboxylic acids is 1. The fourth-order valence-corrected chi connectivity index (χ4v) is 2.69. The van der Waals surface area contributed by atoms with Crippen LogP contribution in [0.15, 0.2) is 59.2 Å². The number of benzene rings is 2. The lowest BCUT2D eigenvalue weighted by molar-refractivity contribution is 0.102. The number of carbonyl (C=O) groups is 1. The predicted octanol–water partition coefficient (Wildman–Crippen LogP) is 4.74. The van der Waals surface area contributed by atoms with E-state index in [1.54, 1.807) is 53.3 Å². The molecule has 2 aromatic carbocycles. The van der Waals surface area contributed by atoms with Gasteiger partial charge in [-0.3, -0.25) is 9.48 Å². The zero-order valence-electron chi connectivity index (χ0n) is 12.3. The number of hydrogen-bond donors (Lipinski definition) is 1. The van der Waals surface area contributed by atoms with Crippen molar-refractivity contribution in [2.24, 2.45) is 0 Å². The first-order valence-electron chi connectivity index (χ1n) is 7.06.